The van der Waals surface area contributed by atoms with Crippen molar-refractivity contribution >= 4 is 38.4 Å². The standard InChI is InChI=1S/C25H25BrO6/c1-16-19-11-10-18(13-23(19)32-25(28)20(16)9-6-12-26)31-14-17-7-4-5-8-21(17)22(15-29-2)24(27)30-3/h4-5,7-8,10-11,13,15H,6,9,12,14H2,1-3H3/b22-15+. The molecule has 0 bridgehead atoms. The molecule has 3 rings (SSSR count). The Morgan fingerprint density at radius 2 is 1.94 bits per heavy atom. The number of hydrogen-bond donors (Lipinski definition) is 0. The van der Waals surface area contributed by atoms with Crippen molar-refractivity contribution in [2.75, 3.05) is 19.5 Å². The molecule has 0 unspecified atom stereocenters. The monoisotopic (exact) mass is 500 g/mol. The first kappa shape index (κ1) is 23.6. The van der Waals surface area contributed by atoms with Crippen LogP contribution < -0.4 is 10.4 Å². The maximum absolute atomic E-state index is 12.4. The van der Waals surface area contributed by atoms with Gasteiger partial charge in [0, 0.05) is 22.3 Å². The van der Waals surface area contributed by atoms with E-state index in [1.165, 1.54) is 20.5 Å². The number of aryl methyl sites for hydroxylation is 1. The lowest BCUT2D eigenvalue weighted by molar-refractivity contribution is -0.133. The van der Waals surface area contributed by atoms with Crippen molar-refractivity contribution in [3.8, 4) is 5.75 Å². The van der Waals surface area contributed by atoms with Gasteiger partial charge in [0.25, 0.3) is 0 Å². The Morgan fingerprint density at radius 1 is 1.16 bits per heavy atom. The van der Waals surface area contributed by atoms with Crippen molar-refractivity contribution in [3.05, 3.63) is 81.4 Å². The molecule has 0 saturated carbocycles. The van der Waals surface area contributed by atoms with E-state index in [-0.39, 0.29) is 12.2 Å². The molecule has 0 atom stereocenters. The number of carbonyl (C=O) groups excluding carboxylic acids is 1. The Labute approximate surface area is 194 Å². The van der Waals surface area contributed by atoms with Gasteiger partial charge in [0.15, 0.2) is 0 Å². The molecule has 0 spiro atoms. The van der Waals surface area contributed by atoms with Gasteiger partial charge in [0.1, 0.15) is 23.5 Å². The van der Waals surface area contributed by atoms with Crippen molar-refractivity contribution < 1.29 is 23.4 Å². The fourth-order valence-electron chi connectivity index (χ4n) is 3.52. The highest BCUT2D eigenvalue weighted by Crippen LogP contribution is 2.27. The van der Waals surface area contributed by atoms with Crippen LogP contribution in [0.5, 0.6) is 5.75 Å². The maximum atomic E-state index is 12.4. The molecular formula is C25H25BrO6. The fourth-order valence-corrected chi connectivity index (χ4v) is 3.80. The lowest BCUT2D eigenvalue weighted by Gasteiger charge is -2.13. The van der Waals surface area contributed by atoms with Gasteiger partial charge in [-0.15, -0.1) is 0 Å². The van der Waals surface area contributed by atoms with Crippen molar-refractivity contribution in [2.24, 2.45) is 0 Å². The van der Waals surface area contributed by atoms with Crippen LogP contribution in [0, 0.1) is 6.92 Å². The second kappa shape index (κ2) is 11.0. The van der Waals surface area contributed by atoms with Crippen LogP contribution in [0.15, 0.2) is 57.9 Å². The molecule has 6 nitrogen and oxygen atoms in total. The highest BCUT2D eigenvalue weighted by atomic mass is 79.9. The Kier molecular flexibility index (Phi) is 8.11. The third-order valence-electron chi connectivity index (χ3n) is 5.16. The smallest absolute Gasteiger partial charge is 0.341 e. The van der Waals surface area contributed by atoms with E-state index in [0.29, 0.717) is 34.5 Å². The average molecular weight is 501 g/mol. The van der Waals surface area contributed by atoms with E-state index in [1.807, 2.05) is 37.3 Å². The average Bonchev–Trinajstić information content (AvgIpc) is 2.80. The Morgan fingerprint density at radius 3 is 2.66 bits per heavy atom. The molecule has 0 N–H and O–H groups in total. The van der Waals surface area contributed by atoms with Gasteiger partial charge in [-0.1, -0.05) is 40.2 Å². The van der Waals surface area contributed by atoms with Gasteiger partial charge in [-0.05, 0) is 48.6 Å². The molecule has 1 heterocycles. The molecular weight excluding hydrogens is 476 g/mol. The van der Waals surface area contributed by atoms with Crippen molar-refractivity contribution in [1.29, 1.82) is 0 Å². The second-order valence-corrected chi connectivity index (χ2v) is 7.94. The highest BCUT2D eigenvalue weighted by Gasteiger charge is 2.17. The molecule has 7 heteroatoms. The minimum atomic E-state index is -0.502. The lowest BCUT2D eigenvalue weighted by Crippen LogP contribution is -2.10. The zero-order chi connectivity index (χ0) is 23.1. The maximum Gasteiger partial charge on any atom is 0.341 e. The van der Waals surface area contributed by atoms with E-state index in [2.05, 4.69) is 15.9 Å². The number of alkyl halides is 1. The van der Waals surface area contributed by atoms with Crippen LogP contribution in [0.3, 0.4) is 0 Å². The summed E-state index contributed by atoms with van der Waals surface area (Å²) < 4.78 is 21.5. The summed E-state index contributed by atoms with van der Waals surface area (Å²) in [7, 11) is 2.79. The van der Waals surface area contributed by atoms with Crippen molar-refractivity contribution in [1.82, 2.24) is 0 Å². The molecule has 3 aromatic rings. The number of methoxy groups -OCH3 is 2. The predicted octanol–water partition coefficient (Wildman–Crippen LogP) is 5.17. The number of ether oxygens (including phenoxy) is 3. The summed E-state index contributed by atoms with van der Waals surface area (Å²) in [5.41, 5.74) is 3.54. The highest BCUT2D eigenvalue weighted by molar-refractivity contribution is 9.09. The van der Waals surface area contributed by atoms with Gasteiger partial charge in [-0.25, -0.2) is 9.59 Å². The number of hydrogen-bond acceptors (Lipinski definition) is 6. The van der Waals surface area contributed by atoms with E-state index in [0.717, 1.165) is 28.3 Å². The van der Waals surface area contributed by atoms with Crippen LogP contribution in [-0.2, 0) is 27.3 Å². The van der Waals surface area contributed by atoms with Crippen LogP contribution in [0.1, 0.15) is 28.7 Å². The van der Waals surface area contributed by atoms with Gasteiger partial charge in [0.2, 0.25) is 0 Å². The molecule has 0 aliphatic heterocycles. The first-order chi connectivity index (χ1) is 15.5. The molecule has 168 valence electrons. The summed E-state index contributed by atoms with van der Waals surface area (Å²) in [6.07, 6.45) is 2.88. The van der Waals surface area contributed by atoms with Crippen LogP contribution in [0.2, 0.25) is 0 Å². The fraction of sp³-hybridized carbons (Fsp3) is 0.280. The molecule has 32 heavy (non-hydrogen) atoms. The first-order valence-corrected chi connectivity index (χ1v) is 11.3. The summed E-state index contributed by atoms with van der Waals surface area (Å²) in [6.45, 7) is 2.14. The summed E-state index contributed by atoms with van der Waals surface area (Å²) in [5.74, 6) is 0.0522. The topological polar surface area (TPSA) is 75.0 Å². The van der Waals surface area contributed by atoms with Crippen molar-refractivity contribution in [2.45, 2.75) is 26.4 Å². The molecule has 0 saturated heterocycles. The van der Waals surface area contributed by atoms with Crippen LogP contribution in [-0.4, -0.2) is 25.5 Å². The molecule has 1 aromatic heterocycles. The molecule has 0 aliphatic rings. The second-order valence-electron chi connectivity index (χ2n) is 7.15. The first-order valence-electron chi connectivity index (χ1n) is 10.1. The third kappa shape index (κ3) is 5.22. The summed E-state index contributed by atoms with van der Waals surface area (Å²) in [5, 5.41) is 1.72. The van der Waals surface area contributed by atoms with Gasteiger partial charge in [-0.3, -0.25) is 0 Å². The van der Waals surface area contributed by atoms with E-state index in [4.69, 9.17) is 18.6 Å². The molecule has 0 fully saturated rings. The van der Waals surface area contributed by atoms with Crippen LogP contribution in [0.25, 0.3) is 16.5 Å². The normalized spacial score (nSPS) is 11.4. The van der Waals surface area contributed by atoms with E-state index in [1.54, 1.807) is 12.1 Å². The zero-order valence-corrected chi connectivity index (χ0v) is 19.9. The lowest BCUT2D eigenvalue weighted by atomic mass is 10.0. The number of esters is 1. The van der Waals surface area contributed by atoms with E-state index >= 15 is 0 Å². The quantitative estimate of drug-likeness (QED) is 0.133. The SMILES string of the molecule is CO/C=C(/C(=O)OC)c1ccccc1COc1ccc2c(C)c(CCCBr)c(=O)oc2c1. The Hall–Kier alpha value is -3.06. The van der Waals surface area contributed by atoms with Gasteiger partial charge < -0.3 is 18.6 Å². The van der Waals surface area contributed by atoms with Crippen molar-refractivity contribution in [3.63, 3.8) is 0 Å². The number of halogens is 1. The minimum Gasteiger partial charge on any atom is -0.503 e. The van der Waals surface area contributed by atoms with E-state index < -0.39 is 5.97 Å². The van der Waals surface area contributed by atoms with Crippen LogP contribution >= 0.6 is 15.9 Å². The number of carbonyl (C=O) groups is 1. The van der Waals surface area contributed by atoms with Gasteiger partial charge >= 0.3 is 11.6 Å². The largest absolute Gasteiger partial charge is 0.503 e. The number of fused-ring (bicyclic) bond motifs is 1. The Bertz CT molecular complexity index is 1190. The predicted molar refractivity (Wildman–Crippen MR) is 127 cm³/mol. The number of benzene rings is 2. The molecule has 0 aliphatic carbocycles. The molecule has 0 radical (unpaired) electrons. The summed E-state index contributed by atoms with van der Waals surface area (Å²) in [4.78, 5) is 24.6. The molecule has 0 amide bonds. The Balaban J connectivity index is 1.88. The minimum absolute atomic E-state index is 0.201. The zero-order valence-electron chi connectivity index (χ0n) is 18.3. The number of rotatable bonds is 9. The van der Waals surface area contributed by atoms with E-state index in [9.17, 15) is 9.59 Å². The van der Waals surface area contributed by atoms with Crippen LogP contribution in [0.4, 0.5) is 0 Å². The molecule has 2 aromatic carbocycles. The summed E-state index contributed by atoms with van der Waals surface area (Å²) >= 11 is 3.40. The third-order valence-corrected chi connectivity index (χ3v) is 5.72. The van der Waals surface area contributed by atoms with Gasteiger partial charge in [0.05, 0.1) is 20.5 Å². The summed E-state index contributed by atoms with van der Waals surface area (Å²) in [6, 6.07) is 12.8. The van der Waals surface area contributed by atoms with Gasteiger partial charge in [-0.2, -0.15) is 0 Å².